The van der Waals surface area contributed by atoms with E-state index in [1.54, 1.807) is 0 Å². The van der Waals surface area contributed by atoms with Crippen LogP contribution in [-0.2, 0) is 0 Å². The Morgan fingerprint density at radius 1 is 0.463 bits per heavy atom. The first-order valence-electron chi connectivity index (χ1n) is 11.4. The van der Waals surface area contributed by atoms with Crippen LogP contribution in [0.1, 0.15) is 0 Å². The van der Waals surface area contributed by atoms with Gasteiger partial charge in [0.05, 0.1) is 7.27 Å². The molecule has 4 rings (SSSR count). The van der Waals surface area contributed by atoms with Crippen LogP contribution >= 0.6 is 67.9 Å². The summed E-state index contributed by atoms with van der Waals surface area (Å²) in [6.45, 7) is 6.94. The Balaban J connectivity index is 0.000000247. The Kier molecular flexibility index (Phi) is 14.4. The average Bonchev–Trinajstić information content (AvgIpc) is 2.80. The molecule has 0 atom stereocenters. The van der Waals surface area contributed by atoms with Crippen LogP contribution in [0.2, 0.25) is 19.6 Å². The SMILES string of the molecule is C[Si](C)(C)I.Fc1cc(F)cc(P(Cl)c2cc(F)cc(F)c2)c1.Fc1cc(F)cc(P(I)c2cc(F)cc(F)c2)c1. The van der Waals surface area contributed by atoms with Crippen molar-refractivity contribution < 1.29 is 35.1 Å². The van der Waals surface area contributed by atoms with Crippen molar-refractivity contribution in [3.63, 3.8) is 0 Å². The fourth-order valence-corrected chi connectivity index (χ4v) is 7.66. The summed E-state index contributed by atoms with van der Waals surface area (Å²) in [4.78, 5) is 0. The molecule has 0 nitrogen and oxygen atoms in total. The molecule has 0 radical (unpaired) electrons. The molecule has 14 heteroatoms. The maximum absolute atomic E-state index is 13.1. The summed E-state index contributed by atoms with van der Waals surface area (Å²) in [5.74, 6) is -5.94. The topological polar surface area (TPSA) is 0 Å². The van der Waals surface area contributed by atoms with Crippen molar-refractivity contribution in [2.24, 2.45) is 0 Å². The minimum atomic E-state index is -1.72. The lowest BCUT2D eigenvalue weighted by atomic mass is 10.3. The zero-order chi connectivity index (χ0) is 31.1. The largest absolute Gasteiger partial charge is 0.207 e. The monoisotopic (exact) mass is 876 g/mol. The van der Waals surface area contributed by atoms with Crippen LogP contribution in [0, 0.1) is 46.5 Å². The number of hydrogen-bond donors (Lipinski definition) is 0. The van der Waals surface area contributed by atoms with Crippen LogP contribution in [0.4, 0.5) is 35.1 Å². The first-order valence-corrected chi connectivity index (χ1v) is 24.3. The summed E-state index contributed by atoms with van der Waals surface area (Å²) in [6.07, 6.45) is 0. The molecule has 0 unspecified atom stereocenters. The highest BCUT2D eigenvalue weighted by atomic mass is 127. The molecule has 4 aromatic carbocycles. The third kappa shape index (κ3) is 13.5. The number of hydrogen-bond acceptors (Lipinski definition) is 0. The molecule has 4 aromatic rings. The Labute approximate surface area is 266 Å². The predicted molar refractivity (Wildman–Crippen MR) is 175 cm³/mol. The van der Waals surface area contributed by atoms with E-state index in [9.17, 15) is 35.1 Å². The summed E-state index contributed by atoms with van der Waals surface area (Å²) in [6, 6.07) is 11.8. The Hall–Kier alpha value is -0.853. The molecule has 0 saturated carbocycles. The third-order valence-corrected chi connectivity index (χ3v) is 11.7. The van der Waals surface area contributed by atoms with E-state index in [0.717, 1.165) is 36.4 Å². The predicted octanol–water partition coefficient (Wildman–Crippen LogP) is 10.1. The van der Waals surface area contributed by atoms with Gasteiger partial charge in [0.25, 0.3) is 0 Å². The lowest BCUT2D eigenvalue weighted by Gasteiger charge is -2.11. The molecule has 0 saturated heterocycles. The van der Waals surface area contributed by atoms with E-state index in [4.69, 9.17) is 11.2 Å². The van der Waals surface area contributed by atoms with Gasteiger partial charge in [0, 0.05) is 40.4 Å². The zero-order valence-electron chi connectivity index (χ0n) is 21.5. The quantitative estimate of drug-likeness (QED) is 0.0630. The van der Waals surface area contributed by atoms with Crippen molar-refractivity contribution in [1.29, 1.82) is 0 Å². The highest BCUT2D eigenvalue weighted by Crippen LogP contribution is 2.43. The average molecular weight is 877 g/mol. The Morgan fingerprint density at radius 2 is 0.634 bits per heavy atom. The summed E-state index contributed by atoms with van der Waals surface area (Å²) in [5, 5.41) is 1.09. The van der Waals surface area contributed by atoms with Gasteiger partial charge >= 0.3 is 0 Å². The van der Waals surface area contributed by atoms with Crippen LogP contribution < -0.4 is 21.2 Å². The lowest BCUT2D eigenvalue weighted by molar-refractivity contribution is 0.584. The van der Waals surface area contributed by atoms with Gasteiger partial charge in [0.2, 0.25) is 0 Å². The fourth-order valence-electron chi connectivity index (χ4n) is 2.91. The van der Waals surface area contributed by atoms with Crippen molar-refractivity contribution in [3.05, 3.63) is 119 Å². The number of halogens is 11. The minimum absolute atomic E-state index is 0.161. The molecular weight excluding hydrogens is 856 g/mol. The van der Waals surface area contributed by atoms with Crippen molar-refractivity contribution in [2.45, 2.75) is 19.6 Å². The lowest BCUT2D eigenvalue weighted by Crippen LogP contribution is -2.11. The van der Waals surface area contributed by atoms with Gasteiger partial charge in [-0.15, -0.1) is 21.8 Å². The van der Waals surface area contributed by atoms with Crippen molar-refractivity contribution in [3.8, 4) is 0 Å². The standard InChI is InChI=1S/C12H6ClF4P.C12H6F4IP.C3H9ISi/c13-18(11-3-7(14)1-8(15)4-11)12-5-9(16)2-10(17)6-12;13-7-1-8(14)4-11(3-7)18(17)12-5-9(15)2-10(16)6-12;1-5(2,3)4/h2*1-6H;1-3H3. The van der Waals surface area contributed by atoms with Gasteiger partial charge in [0.15, 0.2) is 0 Å². The summed E-state index contributed by atoms with van der Waals surface area (Å²) < 4.78 is 104. The van der Waals surface area contributed by atoms with Crippen LogP contribution in [0.3, 0.4) is 0 Å². The molecule has 0 N–H and O–H groups in total. The van der Waals surface area contributed by atoms with Crippen LogP contribution in [0.25, 0.3) is 0 Å². The molecule has 0 amide bonds. The second kappa shape index (κ2) is 16.3. The van der Waals surface area contributed by atoms with Gasteiger partial charge in [0.1, 0.15) is 52.1 Å². The summed E-state index contributed by atoms with van der Waals surface area (Å²) in [5.41, 5.74) is -1.87. The molecule has 0 spiro atoms. The van der Waals surface area contributed by atoms with E-state index in [1.807, 2.05) is 22.0 Å². The minimum Gasteiger partial charge on any atom is -0.207 e. The Morgan fingerprint density at radius 3 is 0.829 bits per heavy atom. The van der Waals surface area contributed by atoms with Crippen molar-refractivity contribution in [2.75, 3.05) is 0 Å². The molecule has 41 heavy (non-hydrogen) atoms. The van der Waals surface area contributed by atoms with Gasteiger partial charge in [-0.05, 0) is 81.2 Å². The molecule has 0 aliphatic rings. The van der Waals surface area contributed by atoms with Crippen LogP contribution in [-0.4, -0.2) is 5.57 Å². The molecule has 0 aliphatic carbocycles. The maximum atomic E-state index is 13.1. The fraction of sp³-hybridized carbons (Fsp3) is 0.111. The van der Waals surface area contributed by atoms with E-state index in [1.165, 1.54) is 24.3 Å². The number of rotatable bonds is 4. The van der Waals surface area contributed by atoms with Crippen LogP contribution in [0.5, 0.6) is 0 Å². The highest BCUT2D eigenvalue weighted by Gasteiger charge is 2.16. The third-order valence-electron chi connectivity index (χ3n) is 4.30. The van der Waals surface area contributed by atoms with Gasteiger partial charge in [-0.25, -0.2) is 35.1 Å². The molecule has 0 aromatic heterocycles. The van der Waals surface area contributed by atoms with Crippen molar-refractivity contribution in [1.82, 2.24) is 0 Å². The second-order valence-electron chi connectivity index (χ2n) is 9.14. The molecule has 220 valence electrons. The van der Waals surface area contributed by atoms with E-state index in [2.05, 4.69) is 41.4 Å². The molecule has 0 aliphatic heterocycles. The van der Waals surface area contributed by atoms with E-state index in [-0.39, 0.29) is 10.6 Å². The molecular formula is C27H21ClF8I2P2Si. The van der Waals surface area contributed by atoms with Crippen molar-refractivity contribution >= 4 is 94.7 Å². The van der Waals surface area contributed by atoms with E-state index in [0.29, 0.717) is 22.7 Å². The van der Waals surface area contributed by atoms with E-state index < -0.39 is 64.9 Å². The smallest absolute Gasteiger partial charge is 0.126 e. The normalized spacial score (nSPS) is 11.1. The first-order chi connectivity index (χ1) is 18.9. The molecule has 0 heterocycles. The van der Waals surface area contributed by atoms with Gasteiger partial charge in [-0.1, -0.05) is 30.9 Å². The molecule has 0 fully saturated rings. The van der Waals surface area contributed by atoms with Gasteiger partial charge in [-0.3, -0.25) is 0 Å². The van der Waals surface area contributed by atoms with Gasteiger partial charge < -0.3 is 0 Å². The zero-order valence-corrected chi connectivity index (χ0v) is 29.3. The van der Waals surface area contributed by atoms with E-state index >= 15 is 0 Å². The van der Waals surface area contributed by atoms with Gasteiger partial charge in [-0.2, -0.15) is 0 Å². The number of benzene rings is 4. The molecule has 0 bridgehead atoms. The summed E-state index contributed by atoms with van der Waals surface area (Å²) in [7, 11) is -1.72. The maximum Gasteiger partial charge on any atom is 0.126 e. The highest BCUT2D eigenvalue weighted by molar-refractivity contribution is 14.2. The second-order valence-corrected chi connectivity index (χ2v) is 30.1. The van der Waals surface area contributed by atoms with Crippen LogP contribution in [0.15, 0.2) is 72.8 Å². The summed E-state index contributed by atoms with van der Waals surface area (Å²) >= 11 is 10.5. The Bertz CT molecular complexity index is 1200. The first kappa shape index (κ1) is 36.3.